The van der Waals surface area contributed by atoms with Crippen LogP contribution in [-0.2, 0) is 4.74 Å². The summed E-state index contributed by atoms with van der Waals surface area (Å²) in [6.45, 7) is 10.4. The third-order valence-electron chi connectivity index (χ3n) is 5.95. The second-order valence-electron chi connectivity index (χ2n) is 7.20. The summed E-state index contributed by atoms with van der Waals surface area (Å²) in [6, 6.07) is 0. The van der Waals surface area contributed by atoms with Crippen LogP contribution in [0, 0.1) is 29.6 Å². The molecule has 1 aliphatic heterocycles. The first-order chi connectivity index (χ1) is 9.08. The van der Waals surface area contributed by atoms with Crippen molar-refractivity contribution in [1.82, 2.24) is 0 Å². The Morgan fingerprint density at radius 1 is 1.21 bits per heavy atom. The van der Waals surface area contributed by atoms with E-state index in [-0.39, 0.29) is 0 Å². The minimum atomic E-state index is 0.472. The molecular weight excluding hydrogens is 232 g/mol. The molecular formula is C18H28O. The highest BCUT2D eigenvalue weighted by Gasteiger charge is 2.45. The van der Waals surface area contributed by atoms with Gasteiger partial charge < -0.3 is 4.74 Å². The molecule has 1 heterocycles. The second-order valence-corrected chi connectivity index (χ2v) is 7.20. The Morgan fingerprint density at radius 3 is 2.68 bits per heavy atom. The van der Waals surface area contributed by atoms with Gasteiger partial charge in [0.25, 0.3) is 0 Å². The van der Waals surface area contributed by atoms with Crippen LogP contribution >= 0.6 is 0 Å². The first-order valence-electron chi connectivity index (χ1n) is 8.03. The molecule has 2 bridgehead atoms. The van der Waals surface area contributed by atoms with Crippen molar-refractivity contribution in [2.75, 3.05) is 6.61 Å². The Labute approximate surface area is 118 Å². The van der Waals surface area contributed by atoms with Crippen LogP contribution in [0.3, 0.4) is 0 Å². The summed E-state index contributed by atoms with van der Waals surface area (Å²) in [5, 5.41) is 0. The molecule has 19 heavy (non-hydrogen) atoms. The van der Waals surface area contributed by atoms with Gasteiger partial charge in [0.05, 0.1) is 12.7 Å². The number of fused-ring (bicyclic) bond motifs is 2. The number of allylic oxidation sites excluding steroid dienone is 3. The van der Waals surface area contributed by atoms with E-state index in [1.807, 2.05) is 0 Å². The lowest BCUT2D eigenvalue weighted by molar-refractivity contribution is -0.117. The molecule has 0 N–H and O–H groups in total. The first kappa shape index (κ1) is 13.4. The molecule has 1 heteroatoms. The Balaban J connectivity index is 1.82. The summed E-state index contributed by atoms with van der Waals surface area (Å²) in [7, 11) is 0. The minimum absolute atomic E-state index is 0.472. The quantitative estimate of drug-likeness (QED) is 0.626. The molecule has 3 rings (SSSR count). The Hall–Kier alpha value is -0.560. The molecule has 0 aromatic rings. The molecule has 0 aromatic heterocycles. The van der Waals surface area contributed by atoms with E-state index in [0.29, 0.717) is 17.9 Å². The van der Waals surface area contributed by atoms with Gasteiger partial charge in [0.2, 0.25) is 0 Å². The van der Waals surface area contributed by atoms with Crippen LogP contribution in [0.4, 0.5) is 0 Å². The van der Waals surface area contributed by atoms with Crippen molar-refractivity contribution in [2.24, 2.45) is 29.6 Å². The molecule has 0 radical (unpaired) electrons. The Bertz CT molecular complexity index is 406. The van der Waals surface area contributed by atoms with Crippen LogP contribution in [0.25, 0.3) is 0 Å². The van der Waals surface area contributed by atoms with Crippen molar-refractivity contribution in [1.29, 1.82) is 0 Å². The summed E-state index contributed by atoms with van der Waals surface area (Å²) in [5.41, 5.74) is 3.16. The molecule has 0 saturated carbocycles. The van der Waals surface area contributed by atoms with Crippen LogP contribution < -0.4 is 0 Å². The standard InChI is InChI=1S/C18H28O/c1-11-5-7-15(8-6-11)18-17-13(3)9-12(2)16(10-19-18)14(17)4/h5,9,12,14-18H,6-8,10H2,1-4H3/t12-,14+,15-,16+,17-,18+/m0/s1. The monoisotopic (exact) mass is 260 g/mol. The van der Waals surface area contributed by atoms with Crippen molar-refractivity contribution in [2.45, 2.75) is 53.1 Å². The topological polar surface area (TPSA) is 9.23 Å². The van der Waals surface area contributed by atoms with Crippen molar-refractivity contribution >= 4 is 0 Å². The van der Waals surface area contributed by atoms with Gasteiger partial charge in [-0.25, -0.2) is 0 Å². The molecule has 106 valence electrons. The van der Waals surface area contributed by atoms with Crippen molar-refractivity contribution < 1.29 is 4.74 Å². The van der Waals surface area contributed by atoms with Crippen LogP contribution in [0.2, 0.25) is 0 Å². The van der Waals surface area contributed by atoms with Gasteiger partial charge in [-0.2, -0.15) is 0 Å². The fraction of sp³-hybridized carbons (Fsp3) is 0.778. The summed E-state index contributed by atoms with van der Waals surface area (Å²) >= 11 is 0. The summed E-state index contributed by atoms with van der Waals surface area (Å²) in [5.74, 6) is 3.65. The maximum Gasteiger partial charge on any atom is 0.0674 e. The Kier molecular flexibility index (Phi) is 3.59. The van der Waals surface area contributed by atoms with Gasteiger partial charge in [0.15, 0.2) is 0 Å². The zero-order valence-corrected chi connectivity index (χ0v) is 12.9. The third-order valence-corrected chi connectivity index (χ3v) is 5.95. The maximum absolute atomic E-state index is 6.36. The maximum atomic E-state index is 6.36. The molecule has 0 spiro atoms. The van der Waals surface area contributed by atoms with E-state index >= 15 is 0 Å². The molecule has 0 amide bonds. The third kappa shape index (κ3) is 2.31. The molecule has 0 unspecified atom stereocenters. The fourth-order valence-corrected chi connectivity index (χ4v) is 4.71. The fourth-order valence-electron chi connectivity index (χ4n) is 4.71. The van der Waals surface area contributed by atoms with Crippen LogP contribution in [0.15, 0.2) is 23.3 Å². The summed E-state index contributed by atoms with van der Waals surface area (Å²) in [6.07, 6.45) is 9.26. The highest BCUT2D eigenvalue weighted by Crippen LogP contribution is 2.47. The van der Waals surface area contributed by atoms with Gasteiger partial charge in [-0.05, 0) is 56.8 Å². The molecule has 1 fully saturated rings. The molecule has 6 atom stereocenters. The molecule has 1 nitrogen and oxygen atoms in total. The molecule has 0 aromatic carbocycles. The van der Waals surface area contributed by atoms with E-state index < -0.39 is 0 Å². The normalized spacial score (nSPS) is 46.5. The molecule has 2 aliphatic carbocycles. The number of ether oxygens (including phenoxy) is 1. The lowest BCUT2D eigenvalue weighted by Crippen LogP contribution is -2.49. The second kappa shape index (κ2) is 5.09. The van der Waals surface area contributed by atoms with Crippen molar-refractivity contribution in [3.8, 4) is 0 Å². The van der Waals surface area contributed by atoms with Crippen LogP contribution in [-0.4, -0.2) is 12.7 Å². The number of hydrogen-bond donors (Lipinski definition) is 0. The predicted molar refractivity (Wildman–Crippen MR) is 79.9 cm³/mol. The number of rotatable bonds is 1. The van der Waals surface area contributed by atoms with Gasteiger partial charge in [-0.15, -0.1) is 0 Å². The van der Waals surface area contributed by atoms with Gasteiger partial charge in [0.1, 0.15) is 0 Å². The van der Waals surface area contributed by atoms with E-state index in [1.54, 1.807) is 11.1 Å². The summed E-state index contributed by atoms with van der Waals surface area (Å²) in [4.78, 5) is 0. The van der Waals surface area contributed by atoms with Crippen molar-refractivity contribution in [3.05, 3.63) is 23.3 Å². The van der Waals surface area contributed by atoms with E-state index in [1.165, 1.54) is 19.3 Å². The lowest BCUT2D eigenvalue weighted by Gasteiger charge is -2.50. The van der Waals surface area contributed by atoms with Gasteiger partial charge in [-0.3, -0.25) is 0 Å². The minimum Gasteiger partial charge on any atom is -0.377 e. The van der Waals surface area contributed by atoms with Crippen molar-refractivity contribution in [3.63, 3.8) is 0 Å². The lowest BCUT2D eigenvalue weighted by atomic mass is 9.63. The highest BCUT2D eigenvalue weighted by atomic mass is 16.5. The SMILES string of the molecule is CC1=CC[C@H]([C@H]2OC[C@H]3[C@@H](C)[C@@H]2C(C)=C[C@@H]3C)CC1. The molecule has 3 aliphatic rings. The summed E-state index contributed by atoms with van der Waals surface area (Å²) < 4.78 is 6.36. The van der Waals surface area contributed by atoms with E-state index in [0.717, 1.165) is 24.4 Å². The average Bonchev–Trinajstić information content (AvgIpc) is 2.37. The van der Waals surface area contributed by atoms with Gasteiger partial charge in [-0.1, -0.05) is 37.1 Å². The largest absolute Gasteiger partial charge is 0.377 e. The zero-order chi connectivity index (χ0) is 13.6. The highest BCUT2D eigenvalue weighted by molar-refractivity contribution is 5.18. The van der Waals surface area contributed by atoms with E-state index in [9.17, 15) is 0 Å². The van der Waals surface area contributed by atoms with E-state index in [2.05, 4.69) is 39.8 Å². The average molecular weight is 260 g/mol. The van der Waals surface area contributed by atoms with Crippen LogP contribution in [0.5, 0.6) is 0 Å². The smallest absolute Gasteiger partial charge is 0.0674 e. The van der Waals surface area contributed by atoms with Gasteiger partial charge in [0, 0.05) is 5.92 Å². The predicted octanol–water partition coefficient (Wildman–Crippen LogP) is 4.60. The Morgan fingerprint density at radius 2 is 2.00 bits per heavy atom. The first-order valence-corrected chi connectivity index (χ1v) is 8.03. The van der Waals surface area contributed by atoms with Gasteiger partial charge >= 0.3 is 0 Å². The van der Waals surface area contributed by atoms with Crippen LogP contribution in [0.1, 0.15) is 47.0 Å². The van der Waals surface area contributed by atoms with E-state index in [4.69, 9.17) is 4.74 Å². The zero-order valence-electron chi connectivity index (χ0n) is 12.9. The molecule has 1 saturated heterocycles. The number of hydrogen-bond acceptors (Lipinski definition) is 1.